The first-order valence-corrected chi connectivity index (χ1v) is 7.88. The van der Waals surface area contributed by atoms with Crippen molar-refractivity contribution in [3.8, 4) is 5.75 Å². The third-order valence-corrected chi connectivity index (χ3v) is 5.54. The van der Waals surface area contributed by atoms with Gasteiger partial charge < -0.3 is 10.1 Å². The van der Waals surface area contributed by atoms with E-state index in [0.717, 1.165) is 37.2 Å². The van der Waals surface area contributed by atoms with Crippen LogP contribution < -0.4 is 10.1 Å². The Morgan fingerprint density at radius 2 is 1.83 bits per heavy atom. The molecular formula is C13H19NO3S. The van der Waals surface area contributed by atoms with E-state index < -0.39 is 9.84 Å². The van der Waals surface area contributed by atoms with E-state index in [1.165, 1.54) is 0 Å². The second-order valence-electron chi connectivity index (χ2n) is 4.60. The second-order valence-corrected chi connectivity index (χ2v) is 6.89. The highest BCUT2D eigenvalue weighted by atomic mass is 32.2. The quantitative estimate of drug-likeness (QED) is 0.897. The van der Waals surface area contributed by atoms with E-state index in [0.29, 0.717) is 0 Å². The number of hydrogen-bond donors (Lipinski definition) is 1. The minimum absolute atomic E-state index is 0.127. The molecule has 0 amide bonds. The van der Waals surface area contributed by atoms with Gasteiger partial charge in [-0.2, -0.15) is 0 Å². The van der Waals surface area contributed by atoms with Crippen molar-refractivity contribution in [3.05, 3.63) is 29.8 Å². The number of rotatable bonds is 4. The molecule has 1 heterocycles. The Kier molecular flexibility index (Phi) is 4.24. The Hall–Kier alpha value is -1.07. The van der Waals surface area contributed by atoms with E-state index in [2.05, 4.69) is 5.32 Å². The Morgan fingerprint density at radius 3 is 2.39 bits per heavy atom. The van der Waals surface area contributed by atoms with E-state index in [4.69, 9.17) is 4.74 Å². The van der Waals surface area contributed by atoms with Crippen LogP contribution >= 0.6 is 0 Å². The molecule has 1 N–H and O–H groups in total. The summed E-state index contributed by atoms with van der Waals surface area (Å²) in [6, 6.07) is 7.23. The van der Waals surface area contributed by atoms with E-state index in [1.54, 1.807) is 19.2 Å². The van der Waals surface area contributed by atoms with Gasteiger partial charge in [-0.25, -0.2) is 8.42 Å². The first kappa shape index (κ1) is 13.4. The molecular weight excluding hydrogens is 250 g/mol. The predicted molar refractivity (Wildman–Crippen MR) is 71.5 cm³/mol. The first-order chi connectivity index (χ1) is 8.62. The molecule has 0 spiro atoms. The molecule has 0 aliphatic carbocycles. The molecule has 1 saturated heterocycles. The Labute approximate surface area is 108 Å². The fraction of sp³-hybridized carbons (Fsp3) is 0.538. The molecule has 1 aliphatic rings. The van der Waals surface area contributed by atoms with Crippen molar-refractivity contribution in [2.75, 3.05) is 20.2 Å². The van der Waals surface area contributed by atoms with Gasteiger partial charge in [-0.15, -0.1) is 0 Å². The molecule has 2 rings (SSSR count). The Bertz CT molecular complexity index is 475. The number of methoxy groups -OCH3 is 1. The molecule has 1 aromatic rings. The Balaban J connectivity index is 2.06. The number of nitrogens with one attached hydrogen (secondary N) is 1. The summed E-state index contributed by atoms with van der Waals surface area (Å²) in [6.45, 7) is 1.60. The smallest absolute Gasteiger partial charge is 0.157 e. The van der Waals surface area contributed by atoms with Crippen molar-refractivity contribution in [3.63, 3.8) is 0 Å². The maximum atomic E-state index is 12.3. The zero-order chi connectivity index (χ0) is 13.0. The van der Waals surface area contributed by atoms with Crippen LogP contribution in [0.15, 0.2) is 24.3 Å². The first-order valence-electron chi connectivity index (χ1n) is 6.17. The molecule has 1 aliphatic heterocycles. The minimum Gasteiger partial charge on any atom is -0.497 e. The van der Waals surface area contributed by atoms with Gasteiger partial charge in [0.05, 0.1) is 18.1 Å². The maximum absolute atomic E-state index is 12.3. The van der Waals surface area contributed by atoms with E-state index in [1.807, 2.05) is 12.1 Å². The SMILES string of the molecule is COc1ccc(CS(=O)(=O)C2CCNCC2)cc1. The van der Waals surface area contributed by atoms with Gasteiger partial charge in [0.2, 0.25) is 0 Å². The standard InChI is InChI=1S/C13H19NO3S/c1-17-12-4-2-11(3-5-12)10-18(15,16)13-6-8-14-9-7-13/h2-5,13-14H,6-10H2,1H3. The summed E-state index contributed by atoms with van der Waals surface area (Å²) in [5, 5.41) is 2.99. The topological polar surface area (TPSA) is 55.4 Å². The van der Waals surface area contributed by atoms with Crippen LogP contribution in [0.25, 0.3) is 0 Å². The van der Waals surface area contributed by atoms with Gasteiger partial charge in [-0.1, -0.05) is 12.1 Å². The zero-order valence-electron chi connectivity index (χ0n) is 10.6. The third-order valence-electron chi connectivity index (χ3n) is 3.32. The fourth-order valence-corrected chi connectivity index (χ4v) is 4.07. The van der Waals surface area contributed by atoms with Gasteiger partial charge in [0, 0.05) is 0 Å². The van der Waals surface area contributed by atoms with Gasteiger partial charge >= 0.3 is 0 Å². The van der Waals surface area contributed by atoms with Gasteiger partial charge in [-0.3, -0.25) is 0 Å². The van der Waals surface area contributed by atoms with Crippen LogP contribution in [0, 0.1) is 0 Å². The summed E-state index contributed by atoms with van der Waals surface area (Å²) in [7, 11) is -1.44. The van der Waals surface area contributed by atoms with Crippen LogP contribution in [0.5, 0.6) is 5.75 Å². The number of benzene rings is 1. The molecule has 0 radical (unpaired) electrons. The molecule has 18 heavy (non-hydrogen) atoms. The van der Waals surface area contributed by atoms with Crippen molar-refractivity contribution in [1.82, 2.24) is 5.32 Å². The van der Waals surface area contributed by atoms with Crippen molar-refractivity contribution in [1.29, 1.82) is 0 Å². The molecule has 100 valence electrons. The molecule has 4 nitrogen and oxygen atoms in total. The summed E-state index contributed by atoms with van der Waals surface area (Å²) in [5.74, 6) is 0.875. The minimum atomic E-state index is -3.04. The summed E-state index contributed by atoms with van der Waals surface area (Å²) >= 11 is 0. The number of ether oxygens (including phenoxy) is 1. The monoisotopic (exact) mass is 269 g/mol. The summed E-state index contributed by atoms with van der Waals surface area (Å²) in [6.07, 6.45) is 1.44. The average molecular weight is 269 g/mol. The van der Waals surface area contributed by atoms with Crippen molar-refractivity contribution < 1.29 is 13.2 Å². The summed E-state index contributed by atoms with van der Waals surface area (Å²) in [4.78, 5) is 0. The Morgan fingerprint density at radius 1 is 1.22 bits per heavy atom. The van der Waals surface area contributed by atoms with Crippen molar-refractivity contribution in [2.45, 2.75) is 23.8 Å². The average Bonchev–Trinajstić information content (AvgIpc) is 2.40. The normalized spacial score (nSPS) is 17.6. The van der Waals surface area contributed by atoms with Crippen molar-refractivity contribution in [2.24, 2.45) is 0 Å². The lowest BCUT2D eigenvalue weighted by atomic mass is 10.2. The van der Waals surface area contributed by atoms with Crippen LogP contribution in [0.4, 0.5) is 0 Å². The molecule has 0 aromatic heterocycles. The highest BCUT2D eigenvalue weighted by molar-refractivity contribution is 7.91. The molecule has 1 fully saturated rings. The molecule has 1 aromatic carbocycles. The van der Waals surface area contributed by atoms with E-state index in [9.17, 15) is 8.42 Å². The van der Waals surface area contributed by atoms with Crippen LogP contribution in [-0.4, -0.2) is 33.9 Å². The lowest BCUT2D eigenvalue weighted by molar-refractivity contribution is 0.414. The number of piperidine rings is 1. The highest BCUT2D eigenvalue weighted by Crippen LogP contribution is 2.20. The van der Waals surface area contributed by atoms with E-state index >= 15 is 0 Å². The number of sulfone groups is 1. The van der Waals surface area contributed by atoms with Gasteiger partial charge in [0.1, 0.15) is 5.75 Å². The molecule has 0 atom stereocenters. The molecule has 5 heteroatoms. The van der Waals surface area contributed by atoms with Gasteiger partial charge in [0.25, 0.3) is 0 Å². The lowest BCUT2D eigenvalue weighted by Gasteiger charge is -2.22. The van der Waals surface area contributed by atoms with Crippen molar-refractivity contribution >= 4 is 9.84 Å². The van der Waals surface area contributed by atoms with Crippen LogP contribution in [-0.2, 0) is 15.6 Å². The second kappa shape index (κ2) is 5.71. The van der Waals surface area contributed by atoms with E-state index in [-0.39, 0.29) is 11.0 Å². The maximum Gasteiger partial charge on any atom is 0.157 e. The molecule has 0 saturated carbocycles. The fourth-order valence-electron chi connectivity index (χ4n) is 2.23. The summed E-state index contributed by atoms with van der Waals surface area (Å²) in [5.41, 5.74) is 0.828. The zero-order valence-corrected chi connectivity index (χ0v) is 11.4. The number of hydrogen-bond acceptors (Lipinski definition) is 4. The van der Waals surface area contributed by atoms with Gasteiger partial charge in [-0.05, 0) is 43.6 Å². The summed E-state index contributed by atoms with van der Waals surface area (Å²) < 4.78 is 29.6. The predicted octanol–water partition coefficient (Wildman–Crippen LogP) is 1.36. The van der Waals surface area contributed by atoms with Crippen LogP contribution in [0.1, 0.15) is 18.4 Å². The molecule has 0 bridgehead atoms. The van der Waals surface area contributed by atoms with Crippen LogP contribution in [0.2, 0.25) is 0 Å². The largest absolute Gasteiger partial charge is 0.497 e. The lowest BCUT2D eigenvalue weighted by Crippen LogP contribution is -2.36. The molecule has 0 unspecified atom stereocenters. The highest BCUT2D eigenvalue weighted by Gasteiger charge is 2.27. The van der Waals surface area contributed by atoms with Gasteiger partial charge in [0.15, 0.2) is 9.84 Å². The van der Waals surface area contributed by atoms with Crippen LogP contribution in [0.3, 0.4) is 0 Å². The third kappa shape index (κ3) is 3.23.